The molecule has 0 aliphatic carbocycles. The van der Waals surface area contributed by atoms with Crippen LogP contribution in [0.1, 0.15) is 6.42 Å². The maximum absolute atomic E-state index is 12.9. The van der Waals surface area contributed by atoms with Crippen molar-refractivity contribution in [2.24, 2.45) is 0 Å². The Labute approximate surface area is 87.9 Å². The zero-order chi connectivity index (χ0) is 12.0. The quantitative estimate of drug-likeness (QED) is 0.538. The normalized spacial score (nSPS) is 38.5. The summed E-state index contributed by atoms with van der Waals surface area (Å²) in [6.45, 7) is 0.00493. The monoisotopic (exact) mass is 243 g/mol. The van der Waals surface area contributed by atoms with Crippen LogP contribution in [0.25, 0.3) is 0 Å². The van der Waals surface area contributed by atoms with Gasteiger partial charge in [0.2, 0.25) is 0 Å². The lowest BCUT2D eigenvalue weighted by molar-refractivity contribution is -0.233. The SMILES string of the molecule is O=C(OC1NCC12C[C@H](F)CO2)C(F)(F)F. The number of rotatable bonds is 1. The van der Waals surface area contributed by atoms with Crippen molar-refractivity contribution in [1.29, 1.82) is 0 Å². The number of hydrogen-bond acceptors (Lipinski definition) is 4. The predicted octanol–water partition coefficient (Wildman–Crippen LogP) is 0.518. The van der Waals surface area contributed by atoms with Gasteiger partial charge in [-0.1, -0.05) is 0 Å². The number of ether oxygens (including phenoxy) is 2. The molecule has 0 amide bonds. The molecular weight excluding hydrogens is 234 g/mol. The molecule has 2 heterocycles. The Balaban J connectivity index is 1.95. The molecule has 16 heavy (non-hydrogen) atoms. The van der Waals surface area contributed by atoms with Crippen LogP contribution in [-0.4, -0.2) is 43.3 Å². The first-order valence-electron chi connectivity index (χ1n) is 4.63. The van der Waals surface area contributed by atoms with Gasteiger partial charge in [-0.05, 0) is 0 Å². The third kappa shape index (κ3) is 1.86. The van der Waals surface area contributed by atoms with Gasteiger partial charge in [-0.2, -0.15) is 13.2 Å². The Morgan fingerprint density at radius 2 is 2.19 bits per heavy atom. The summed E-state index contributed by atoms with van der Waals surface area (Å²) in [6, 6.07) is 0. The van der Waals surface area contributed by atoms with Gasteiger partial charge in [0.05, 0.1) is 6.61 Å². The molecule has 3 atom stereocenters. The Morgan fingerprint density at radius 1 is 1.50 bits per heavy atom. The maximum atomic E-state index is 12.9. The maximum Gasteiger partial charge on any atom is 0.490 e. The van der Waals surface area contributed by atoms with Crippen molar-refractivity contribution in [3.63, 3.8) is 0 Å². The molecule has 2 aliphatic heterocycles. The molecule has 0 aromatic heterocycles. The standard InChI is InChI=1S/C8H9F4NO3/c9-4-1-7(15-2-4)3-13-5(7)16-6(14)8(10,11)12/h4-5,13H,1-3H2/t4-,5?,7?/m0/s1. The second-order valence-corrected chi connectivity index (χ2v) is 3.84. The summed E-state index contributed by atoms with van der Waals surface area (Å²) in [6.07, 6.45) is -7.56. The molecular formula is C8H9F4NO3. The molecule has 0 saturated carbocycles. The highest BCUT2D eigenvalue weighted by Gasteiger charge is 2.57. The van der Waals surface area contributed by atoms with Gasteiger partial charge in [-0.25, -0.2) is 9.18 Å². The zero-order valence-electron chi connectivity index (χ0n) is 8.01. The summed E-state index contributed by atoms with van der Waals surface area (Å²) in [5, 5.41) is 2.47. The molecule has 0 aromatic carbocycles. The van der Waals surface area contributed by atoms with Crippen molar-refractivity contribution < 1.29 is 31.8 Å². The van der Waals surface area contributed by atoms with Gasteiger partial charge in [-0.3, -0.25) is 5.32 Å². The lowest BCUT2D eigenvalue weighted by Gasteiger charge is -2.45. The van der Waals surface area contributed by atoms with E-state index in [9.17, 15) is 22.4 Å². The van der Waals surface area contributed by atoms with Gasteiger partial charge in [-0.15, -0.1) is 0 Å². The van der Waals surface area contributed by atoms with E-state index >= 15 is 0 Å². The summed E-state index contributed by atoms with van der Waals surface area (Å²) >= 11 is 0. The van der Waals surface area contributed by atoms with Crippen molar-refractivity contribution in [1.82, 2.24) is 5.32 Å². The predicted molar refractivity (Wildman–Crippen MR) is 42.1 cm³/mol. The third-order valence-corrected chi connectivity index (χ3v) is 2.64. The fraction of sp³-hybridized carbons (Fsp3) is 0.875. The number of esters is 1. The van der Waals surface area contributed by atoms with Crippen LogP contribution >= 0.6 is 0 Å². The van der Waals surface area contributed by atoms with Crippen LogP contribution in [-0.2, 0) is 14.3 Å². The van der Waals surface area contributed by atoms with Crippen molar-refractivity contribution in [3.05, 3.63) is 0 Å². The van der Waals surface area contributed by atoms with E-state index in [4.69, 9.17) is 4.74 Å². The number of alkyl halides is 4. The lowest BCUT2D eigenvalue weighted by Crippen LogP contribution is -2.69. The van der Waals surface area contributed by atoms with Gasteiger partial charge in [0.15, 0.2) is 6.23 Å². The first-order chi connectivity index (χ1) is 7.33. The Hall–Kier alpha value is -0.890. The smallest absolute Gasteiger partial charge is 0.437 e. The molecule has 92 valence electrons. The Bertz CT molecular complexity index is 308. The number of hydrogen-bond donors (Lipinski definition) is 1. The highest BCUT2D eigenvalue weighted by Crippen LogP contribution is 2.37. The molecule has 2 rings (SSSR count). The van der Waals surface area contributed by atoms with Crippen LogP contribution in [0.3, 0.4) is 0 Å². The fourth-order valence-corrected chi connectivity index (χ4v) is 1.79. The molecule has 1 N–H and O–H groups in total. The first kappa shape index (κ1) is 11.6. The van der Waals surface area contributed by atoms with E-state index in [1.54, 1.807) is 0 Å². The minimum Gasteiger partial charge on any atom is -0.437 e. The van der Waals surface area contributed by atoms with Crippen LogP contribution in [0.2, 0.25) is 0 Å². The van der Waals surface area contributed by atoms with Gasteiger partial charge in [0.1, 0.15) is 11.8 Å². The molecule has 2 saturated heterocycles. The molecule has 4 nitrogen and oxygen atoms in total. The number of halogens is 4. The average Bonchev–Trinajstić information content (AvgIpc) is 2.55. The summed E-state index contributed by atoms with van der Waals surface area (Å²) in [7, 11) is 0. The van der Waals surface area contributed by atoms with E-state index in [0.717, 1.165) is 0 Å². The van der Waals surface area contributed by atoms with Gasteiger partial charge in [0, 0.05) is 13.0 Å². The van der Waals surface area contributed by atoms with E-state index in [1.807, 2.05) is 0 Å². The second kappa shape index (κ2) is 3.56. The zero-order valence-corrected chi connectivity index (χ0v) is 8.01. The van der Waals surface area contributed by atoms with Crippen LogP contribution in [0.5, 0.6) is 0 Å². The third-order valence-electron chi connectivity index (χ3n) is 2.64. The molecule has 2 fully saturated rings. The number of carbonyl (C=O) groups excluding carboxylic acids is 1. The van der Waals surface area contributed by atoms with Gasteiger partial charge < -0.3 is 9.47 Å². The topological polar surface area (TPSA) is 47.6 Å². The van der Waals surface area contributed by atoms with E-state index in [-0.39, 0.29) is 19.6 Å². The van der Waals surface area contributed by atoms with Crippen LogP contribution in [0.4, 0.5) is 17.6 Å². The molecule has 0 aromatic rings. The van der Waals surface area contributed by atoms with Gasteiger partial charge >= 0.3 is 12.1 Å². The van der Waals surface area contributed by atoms with Crippen molar-refractivity contribution in [2.45, 2.75) is 30.6 Å². The minimum atomic E-state index is -5.05. The Kier molecular flexibility index (Phi) is 2.58. The van der Waals surface area contributed by atoms with E-state index in [1.165, 1.54) is 0 Å². The van der Waals surface area contributed by atoms with Crippen molar-refractivity contribution in [2.75, 3.05) is 13.2 Å². The van der Waals surface area contributed by atoms with Crippen LogP contribution < -0.4 is 5.32 Å². The summed E-state index contributed by atoms with van der Waals surface area (Å²) in [4.78, 5) is 10.6. The number of nitrogens with one attached hydrogen (secondary N) is 1. The highest BCUT2D eigenvalue weighted by atomic mass is 19.4. The molecule has 0 radical (unpaired) electrons. The fourth-order valence-electron chi connectivity index (χ4n) is 1.79. The summed E-state index contributed by atoms with van der Waals surface area (Å²) in [5.41, 5.74) is -1.12. The Morgan fingerprint density at radius 3 is 2.56 bits per heavy atom. The summed E-state index contributed by atoms with van der Waals surface area (Å²) in [5.74, 6) is -2.30. The highest BCUT2D eigenvalue weighted by molar-refractivity contribution is 5.75. The van der Waals surface area contributed by atoms with Gasteiger partial charge in [0.25, 0.3) is 0 Å². The average molecular weight is 243 g/mol. The number of carbonyl (C=O) groups is 1. The largest absolute Gasteiger partial charge is 0.490 e. The van der Waals surface area contributed by atoms with Crippen molar-refractivity contribution in [3.8, 4) is 0 Å². The summed E-state index contributed by atoms with van der Waals surface area (Å²) < 4.78 is 57.8. The lowest BCUT2D eigenvalue weighted by atomic mass is 9.90. The minimum absolute atomic E-state index is 0.0597. The van der Waals surface area contributed by atoms with Crippen LogP contribution in [0.15, 0.2) is 0 Å². The molecule has 8 heteroatoms. The van der Waals surface area contributed by atoms with E-state index in [2.05, 4.69) is 10.1 Å². The molecule has 2 unspecified atom stereocenters. The van der Waals surface area contributed by atoms with Crippen molar-refractivity contribution >= 4 is 5.97 Å². The first-order valence-corrected chi connectivity index (χ1v) is 4.63. The molecule has 1 spiro atoms. The van der Waals surface area contributed by atoms with E-state index in [0.29, 0.717) is 0 Å². The van der Waals surface area contributed by atoms with Crippen LogP contribution in [0, 0.1) is 0 Å². The molecule has 2 aliphatic rings. The van der Waals surface area contributed by atoms with E-state index < -0.39 is 30.1 Å². The second-order valence-electron chi connectivity index (χ2n) is 3.84. The molecule has 0 bridgehead atoms.